The van der Waals surface area contributed by atoms with Crippen molar-refractivity contribution in [3.63, 3.8) is 0 Å². The lowest BCUT2D eigenvalue weighted by Crippen LogP contribution is -2.43. The molecule has 1 fully saturated rings. The number of hydrogen-bond acceptors (Lipinski definition) is 6. The lowest BCUT2D eigenvalue weighted by molar-refractivity contribution is 0.416. The molecule has 4 N–H and O–H groups in total. The molecule has 106 valence electrons. The smallest absolute Gasteiger partial charge is 0.423 e. The number of aromatic nitrogens is 2. The van der Waals surface area contributed by atoms with Gasteiger partial charge in [-0.1, -0.05) is 0 Å². The van der Waals surface area contributed by atoms with E-state index in [9.17, 15) is 10.0 Å². The number of allylic oxidation sites excluding steroid dienone is 1. The number of piperidine rings is 1. The summed E-state index contributed by atoms with van der Waals surface area (Å²) in [4.78, 5) is 10.9. The largest absolute Gasteiger partial charge is 0.484 e. The SMILES string of the molecule is N[C@@H]1CCCN(c2ncnc3c2CCC(B(O)O)=C3)C1. The molecule has 0 bridgehead atoms. The molecule has 0 saturated carbocycles. The highest BCUT2D eigenvalue weighted by molar-refractivity contribution is 6.52. The highest BCUT2D eigenvalue weighted by Gasteiger charge is 2.26. The van der Waals surface area contributed by atoms with E-state index in [0.717, 1.165) is 49.4 Å². The van der Waals surface area contributed by atoms with E-state index in [1.54, 1.807) is 6.08 Å². The maximum atomic E-state index is 9.27. The second-order valence-electron chi connectivity index (χ2n) is 5.50. The Hall–Kier alpha value is -1.44. The van der Waals surface area contributed by atoms with Gasteiger partial charge >= 0.3 is 7.12 Å². The van der Waals surface area contributed by atoms with Gasteiger partial charge in [0.25, 0.3) is 0 Å². The van der Waals surface area contributed by atoms with Crippen molar-refractivity contribution in [1.82, 2.24) is 9.97 Å². The van der Waals surface area contributed by atoms with Crippen molar-refractivity contribution < 1.29 is 10.0 Å². The summed E-state index contributed by atoms with van der Waals surface area (Å²) >= 11 is 0. The molecule has 3 rings (SSSR count). The maximum Gasteiger partial charge on any atom is 0.484 e. The molecule has 0 radical (unpaired) electrons. The summed E-state index contributed by atoms with van der Waals surface area (Å²) in [5.41, 5.74) is 8.53. The normalized spacial score (nSPS) is 22.2. The van der Waals surface area contributed by atoms with E-state index in [4.69, 9.17) is 5.73 Å². The summed E-state index contributed by atoms with van der Waals surface area (Å²) < 4.78 is 0. The fourth-order valence-corrected chi connectivity index (χ4v) is 2.98. The van der Waals surface area contributed by atoms with Crippen LogP contribution in [0.3, 0.4) is 0 Å². The van der Waals surface area contributed by atoms with Crippen molar-refractivity contribution in [2.75, 3.05) is 18.0 Å². The van der Waals surface area contributed by atoms with Crippen LogP contribution in [0.25, 0.3) is 6.08 Å². The Bertz CT molecular complexity index is 535. The van der Waals surface area contributed by atoms with E-state index in [1.165, 1.54) is 6.33 Å². The second-order valence-corrected chi connectivity index (χ2v) is 5.50. The van der Waals surface area contributed by atoms with Crippen LogP contribution in [0.4, 0.5) is 5.82 Å². The van der Waals surface area contributed by atoms with Gasteiger partial charge in [0.05, 0.1) is 5.69 Å². The van der Waals surface area contributed by atoms with E-state index >= 15 is 0 Å². The molecule has 1 aromatic heterocycles. The van der Waals surface area contributed by atoms with Gasteiger partial charge in [-0.15, -0.1) is 0 Å². The molecule has 0 unspecified atom stereocenters. The van der Waals surface area contributed by atoms with Gasteiger partial charge < -0.3 is 20.7 Å². The van der Waals surface area contributed by atoms with Crippen molar-refractivity contribution in [1.29, 1.82) is 0 Å². The van der Waals surface area contributed by atoms with Crippen molar-refractivity contribution in [3.8, 4) is 0 Å². The van der Waals surface area contributed by atoms with Gasteiger partial charge in [-0.2, -0.15) is 0 Å². The van der Waals surface area contributed by atoms with Gasteiger partial charge in [0, 0.05) is 24.7 Å². The third kappa shape index (κ3) is 2.56. The molecule has 20 heavy (non-hydrogen) atoms. The van der Waals surface area contributed by atoms with Crippen molar-refractivity contribution in [3.05, 3.63) is 23.1 Å². The molecule has 1 saturated heterocycles. The Kier molecular flexibility index (Phi) is 3.73. The van der Waals surface area contributed by atoms with Crippen molar-refractivity contribution >= 4 is 19.0 Å². The molecule has 1 aliphatic heterocycles. The average molecular weight is 274 g/mol. The number of nitrogens with two attached hydrogens (primary N) is 1. The second kappa shape index (κ2) is 5.51. The molecule has 7 heteroatoms. The van der Waals surface area contributed by atoms with E-state index in [1.807, 2.05) is 0 Å². The minimum Gasteiger partial charge on any atom is -0.423 e. The lowest BCUT2D eigenvalue weighted by atomic mass is 9.73. The first-order valence-corrected chi connectivity index (χ1v) is 7.06. The fraction of sp³-hybridized carbons (Fsp3) is 0.538. The predicted octanol–water partition coefficient (Wildman–Crippen LogP) is -0.254. The summed E-state index contributed by atoms with van der Waals surface area (Å²) in [5.74, 6) is 0.952. The van der Waals surface area contributed by atoms with Crippen LogP contribution in [-0.4, -0.2) is 46.3 Å². The van der Waals surface area contributed by atoms with Crippen LogP contribution in [0, 0.1) is 0 Å². The molecule has 2 heterocycles. The standard InChI is InChI=1S/C13H19BN4O2/c15-10-2-1-5-18(7-10)13-11-4-3-9(14(19)20)6-12(11)16-8-17-13/h6,8,10,19-20H,1-5,7,15H2/t10-/m1/s1. The number of hydrogen-bond donors (Lipinski definition) is 3. The summed E-state index contributed by atoms with van der Waals surface area (Å²) in [6.07, 6.45) is 6.81. The molecule has 1 aliphatic carbocycles. The zero-order chi connectivity index (χ0) is 14.1. The van der Waals surface area contributed by atoms with Crippen LogP contribution < -0.4 is 10.6 Å². The van der Waals surface area contributed by atoms with Crippen LogP contribution in [0.15, 0.2) is 11.8 Å². The summed E-state index contributed by atoms with van der Waals surface area (Å²) in [6, 6.07) is 0.198. The van der Waals surface area contributed by atoms with E-state index in [2.05, 4.69) is 14.9 Å². The quantitative estimate of drug-likeness (QED) is 0.643. The molecule has 0 aromatic carbocycles. The van der Waals surface area contributed by atoms with Crippen LogP contribution in [0.2, 0.25) is 0 Å². The molecular formula is C13H19BN4O2. The zero-order valence-electron chi connectivity index (χ0n) is 11.4. The Morgan fingerprint density at radius 1 is 1.30 bits per heavy atom. The first-order chi connectivity index (χ1) is 9.65. The molecule has 1 aromatic rings. The van der Waals surface area contributed by atoms with Crippen LogP contribution in [0.5, 0.6) is 0 Å². The first kappa shape index (κ1) is 13.5. The third-order valence-electron chi connectivity index (χ3n) is 4.03. The summed E-state index contributed by atoms with van der Waals surface area (Å²) in [5, 5.41) is 18.5. The van der Waals surface area contributed by atoms with Crippen LogP contribution >= 0.6 is 0 Å². The Morgan fingerprint density at radius 3 is 2.90 bits per heavy atom. The van der Waals surface area contributed by atoms with Gasteiger partial charge in [-0.25, -0.2) is 9.97 Å². The van der Waals surface area contributed by atoms with Gasteiger partial charge in [0.2, 0.25) is 0 Å². The van der Waals surface area contributed by atoms with Crippen molar-refractivity contribution in [2.45, 2.75) is 31.7 Å². The molecular weight excluding hydrogens is 255 g/mol. The summed E-state index contributed by atoms with van der Waals surface area (Å²) in [7, 11) is -1.40. The number of anilines is 1. The maximum absolute atomic E-state index is 9.27. The van der Waals surface area contributed by atoms with E-state index in [-0.39, 0.29) is 6.04 Å². The monoisotopic (exact) mass is 274 g/mol. The van der Waals surface area contributed by atoms with Gasteiger partial charge in [-0.05, 0) is 37.2 Å². The van der Waals surface area contributed by atoms with E-state index < -0.39 is 7.12 Å². The Labute approximate surface area is 118 Å². The highest BCUT2D eigenvalue weighted by Crippen LogP contribution is 2.30. The Balaban J connectivity index is 1.93. The minimum absolute atomic E-state index is 0.198. The van der Waals surface area contributed by atoms with Crippen molar-refractivity contribution in [2.24, 2.45) is 5.73 Å². The van der Waals surface area contributed by atoms with Gasteiger partial charge in [0.15, 0.2) is 0 Å². The van der Waals surface area contributed by atoms with Gasteiger partial charge in [-0.3, -0.25) is 0 Å². The lowest BCUT2D eigenvalue weighted by Gasteiger charge is -2.33. The zero-order valence-corrected chi connectivity index (χ0v) is 11.4. The van der Waals surface area contributed by atoms with Crippen LogP contribution in [0.1, 0.15) is 30.5 Å². The number of rotatable bonds is 2. The predicted molar refractivity (Wildman–Crippen MR) is 77.9 cm³/mol. The molecule has 6 nitrogen and oxygen atoms in total. The topological polar surface area (TPSA) is 95.5 Å². The highest BCUT2D eigenvalue weighted by atomic mass is 16.4. The first-order valence-electron chi connectivity index (χ1n) is 7.06. The third-order valence-corrected chi connectivity index (χ3v) is 4.03. The minimum atomic E-state index is -1.40. The average Bonchev–Trinajstić information content (AvgIpc) is 2.46. The molecule has 2 aliphatic rings. The number of nitrogens with zero attached hydrogens (tertiary/aromatic N) is 3. The van der Waals surface area contributed by atoms with Crippen LogP contribution in [-0.2, 0) is 6.42 Å². The molecule has 0 spiro atoms. The fourth-order valence-electron chi connectivity index (χ4n) is 2.98. The number of fused-ring (bicyclic) bond motifs is 1. The molecule has 0 amide bonds. The van der Waals surface area contributed by atoms with Gasteiger partial charge in [0.1, 0.15) is 12.1 Å². The summed E-state index contributed by atoms with van der Waals surface area (Å²) in [6.45, 7) is 1.79. The molecule has 1 atom stereocenters. The Morgan fingerprint density at radius 2 is 2.15 bits per heavy atom. The van der Waals surface area contributed by atoms with E-state index in [0.29, 0.717) is 11.9 Å².